The van der Waals surface area contributed by atoms with E-state index in [0.29, 0.717) is 17.6 Å². The first kappa shape index (κ1) is 19.8. The predicted molar refractivity (Wildman–Crippen MR) is 108 cm³/mol. The number of aromatic nitrogens is 4. The monoisotopic (exact) mass is 382 g/mol. The Morgan fingerprint density at radius 1 is 1.21 bits per heavy atom. The number of amides is 1. The van der Waals surface area contributed by atoms with E-state index in [2.05, 4.69) is 46.3 Å². The molecule has 0 aliphatic carbocycles. The highest BCUT2D eigenvalue weighted by atomic mass is 16.2. The summed E-state index contributed by atoms with van der Waals surface area (Å²) in [6.07, 6.45) is 2.87. The first-order valence-electron chi connectivity index (χ1n) is 9.48. The van der Waals surface area contributed by atoms with Gasteiger partial charge in [-0.2, -0.15) is 5.10 Å². The number of benzene rings is 1. The van der Waals surface area contributed by atoms with Crippen molar-refractivity contribution in [3.63, 3.8) is 0 Å². The van der Waals surface area contributed by atoms with Crippen LogP contribution in [0.15, 0.2) is 47.7 Å². The summed E-state index contributed by atoms with van der Waals surface area (Å²) >= 11 is 0. The van der Waals surface area contributed by atoms with Gasteiger partial charge in [-0.25, -0.2) is 4.98 Å². The molecular formula is C20H26N6O2. The molecule has 1 N–H and O–H groups in total. The van der Waals surface area contributed by atoms with Crippen molar-refractivity contribution < 1.29 is 4.79 Å². The quantitative estimate of drug-likeness (QED) is 0.635. The van der Waals surface area contributed by atoms with Crippen LogP contribution in [0.4, 0.5) is 0 Å². The third-order valence-corrected chi connectivity index (χ3v) is 4.96. The van der Waals surface area contributed by atoms with Gasteiger partial charge in [-0.1, -0.05) is 44.2 Å². The summed E-state index contributed by atoms with van der Waals surface area (Å²) in [5, 5.41) is 7.42. The molecule has 1 unspecified atom stereocenters. The first-order chi connectivity index (χ1) is 13.5. The molecule has 8 nitrogen and oxygen atoms in total. The van der Waals surface area contributed by atoms with E-state index in [0.717, 1.165) is 18.7 Å². The minimum Gasteiger partial charge on any atom is -0.353 e. The van der Waals surface area contributed by atoms with Gasteiger partial charge in [0.15, 0.2) is 5.65 Å². The highest BCUT2D eigenvalue weighted by Gasteiger charge is 2.19. The molecule has 28 heavy (non-hydrogen) atoms. The van der Waals surface area contributed by atoms with E-state index >= 15 is 0 Å². The molecule has 2 heterocycles. The van der Waals surface area contributed by atoms with Crippen LogP contribution in [0.1, 0.15) is 25.5 Å². The summed E-state index contributed by atoms with van der Waals surface area (Å²) < 4.78 is 2.85. The molecule has 1 amide bonds. The summed E-state index contributed by atoms with van der Waals surface area (Å²) in [4.78, 5) is 31.5. The smallest absolute Gasteiger partial charge is 0.264 e. The Bertz CT molecular complexity index is 991. The third kappa shape index (κ3) is 4.12. The normalized spacial score (nSPS) is 12.4. The molecule has 3 rings (SSSR count). The SMILES string of the molecule is CCN(CC)C(CNC(=O)Cn1cnc2c(cnn2C)c1=O)c1ccccc1. The van der Waals surface area contributed by atoms with Crippen molar-refractivity contribution >= 4 is 16.9 Å². The topological polar surface area (TPSA) is 85.1 Å². The first-order valence-corrected chi connectivity index (χ1v) is 9.48. The third-order valence-electron chi connectivity index (χ3n) is 4.96. The maximum atomic E-state index is 12.5. The summed E-state index contributed by atoms with van der Waals surface area (Å²) in [7, 11) is 1.72. The Balaban J connectivity index is 1.71. The van der Waals surface area contributed by atoms with Gasteiger partial charge in [-0.15, -0.1) is 0 Å². The van der Waals surface area contributed by atoms with Crippen LogP contribution >= 0.6 is 0 Å². The minimum atomic E-state index is -0.267. The molecule has 0 aliphatic rings. The van der Waals surface area contributed by atoms with Crippen molar-refractivity contribution in [3.05, 3.63) is 58.8 Å². The number of carbonyl (C=O) groups excluding carboxylic acids is 1. The summed E-state index contributed by atoms with van der Waals surface area (Å²) in [6.45, 7) is 6.38. The molecule has 0 radical (unpaired) electrons. The molecule has 1 aromatic carbocycles. The fourth-order valence-electron chi connectivity index (χ4n) is 3.40. The van der Waals surface area contributed by atoms with Crippen LogP contribution in [-0.4, -0.2) is 49.8 Å². The standard InChI is InChI=1S/C20H26N6O2/c1-4-25(5-2)17(15-9-7-6-8-10-15)12-21-18(27)13-26-14-22-19-16(20(26)28)11-23-24(19)3/h6-11,14,17H,4-5,12-13H2,1-3H3,(H,21,27). The van der Waals surface area contributed by atoms with Crippen molar-refractivity contribution in [2.75, 3.05) is 19.6 Å². The maximum Gasteiger partial charge on any atom is 0.264 e. The largest absolute Gasteiger partial charge is 0.353 e. The Labute approximate surface area is 163 Å². The van der Waals surface area contributed by atoms with Gasteiger partial charge in [0.2, 0.25) is 5.91 Å². The van der Waals surface area contributed by atoms with Gasteiger partial charge in [-0.3, -0.25) is 23.7 Å². The average molecular weight is 382 g/mol. The van der Waals surface area contributed by atoms with Gasteiger partial charge in [0.1, 0.15) is 18.3 Å². The minimum absolute atomic E-state index is 0.0730. The lowest BCUT2D eigenvalue weighted by Crippen LogP contribution is -2.40. The molecule has 8 heteroatoms. The van der Waals surface area contributed by atoms with E-state index < -0.39 is 0 Å². The van der Waals surface area contributed by atoms with Crippen LogP contribution in [-0.2, 0) is 18.4 Å². The lowest BCUT2D eigenvalue weighted by atomic mass is 10.1. The Morgan fingerprint density at radius 3 is 2.61 bits per heavy atom. The number of fused-ring (bicyclic) bond motifs is 1. The summed E-state index contributed by atoms with van der Waals surface area (Å²) in [5.74, 6) is -0.222. The molecule has 0 aliphatic heterocycles. The Morgan fingerprint density at radius 2 is 1.93 bits per heavy atom. The van der Waals surface area contributed by atoms with Crippen LogP contribution < -0.4 is 10.9 Å². The number of carbonyl (C=O) groups is 1. The zero-order valence-electron chi connectivity index (χ0n) is 16.5. The van der Waals surface area contributed by atoms with E-state index in [-0.39, 0.29) is 24.1 Å². The Kier molecular flexibility index (Phi) is 6.20. The zero-order chi connectivity index (χ0) is 20.1. The molecule has 2 aromatic heterocycles. The van der Waals surface area contributed by atoms with Crippen molar-refractivity contribution in [2.24, 2.45) is 7.05 Å². The van der Waals surface area contributed by atoms with Crippen molar-refractivity contribution in [2.45, 2.75) is 26.4 Å². The summed E-state index contributed by atoms with van der Waals surface area (Å²) in [5.41, 5.74) is 1.39. The van der Waals surface area contributed by atoms with Crippen LogP contribution in [0.5, 0.6) is 0 Å². The second-order valence-corrected chi connectivity index (χ2v) is 6.63. The molecule has 0 bridgehead atoms. The highest BCUT2D eigenvalue weighted by molar-refractivity contribution is 5.77. The number of aryl methyl sites for hydroxylation is 1. The number of nitrogens with one attached hydrogen (secondary N) is 1. The van der Waals surface area contributed by atoms with Crippen LogP contribution in [0.3, 0.4) is 0 Å². The Hall–Kier alpha value is -3.00. The van der Waals surface area contributed by atoms with Crippen LogP contribution in [0, 0.1) is 0 Å². The van der Waals surface area contributed by atoms with Gasteiger partial charge in [0.05, 0.1) is 12.2 Å². The highest BCUT2D eigenvalue weighted by Crippen LogP contribution is 2.19. The van der Waals surface area contributed by atoms with E-state index in [9.17, 15) is 9.59 Å². The van der Waals surface area contributed by atoms with Gasteiger partial charge in [0.25, 0.3) is 5.56 Å². The molecular weight excluding hydrogens is 356 g/mol. The second kappa shape index (κ2) is 8.79. The van der Waals surface area contributed by atoms with E-state index in [1.165, 1.54) is 21.8 Å². The van der Waals surface area contributed by atoms with Crippen LogP contribution in [0.2, 0.25) is 0 Å². The lowest BCUT2D eigenvalue weighted by Gasteiger charge is -2.30. The number of rotatable bonds is 8. The second-order valence-electron chi connectivity index (χ2n) is 6.63. The number of likely N-dealkylation sites (N-methyl/N-ethyl adjacent to an activating group) is 1. The van der Waals surface area contributed by atoms with Gasteiger partial charge in [0, 0.05) is 13.6 Å². The fourth-order valence-corrected chi connectivity index (χ4v) is 3.40. The van der Waals surface area contributed by atoms with E-state index in [1.54, 1.807) is 7.05 Å². The fraction of sp³-hybridized carbons (Fsp3) is 0.400. The molecule has 148 valence electrons. The zero-order valence-corrected chi connectivity index (χ0v) is 16.5. The molecule has 0 saturated heterocycles. The van der Waals surface area contributed by atoms with Crippen molar-refractivity contribution in [1.82, 2.24) is 29.5 Å². The van der Waals surface area contributed by atoms with Gasteiger partial charge in [-0.05, 0) is 18.7 Å². The van der Waals surface area contributed by atoms with Crippen LogP contribution in [0.25, 0.3) is 11.0 Å². The lowest BCUT2D eigenvalue weighted by molar-refractivity contribution is -0.122. The van der Waals surface area contributed by atoms with E-state index in [1.807, 2.05) is 18.2 Å². The molecule has 1 atom stereocenters. The molecule has 3 aromatic rings. The van der Waals surface area contributed by atoms with Crippen molar-refractivity contribution in [1.29, 1.82) is 0 Å². The molecule has 0 saturated carbocycles. The predicted octanol–water partition coefficient (Wildman–Crippen LogP) is 1.33. The van der Waals surface area contributed by atoms with E-state index in [4.69, 9.17) is 0 Å². The van der Waals surface area contributed by atoms with Crippen molar-refractivity contribution in [3.8, 4) is 0 Å². The number of nitrogens with zero attached hydrogens (tertiary/aromatic N) is 5. The summed E-state index contributed by atoms with van der Waals surface area (Å²) in [6, 6.07) is 10.2. The molecule has 0 fully saturated rings. The average Bonchev–Trinajstić information content (AvgIpc) is 3.09. The maximum absolute atomic E-state index is 12.5. The van der Waals surface area contributed by atoms with Gasteiger partial charge >= 0.3 is 0 Å². The number of hydrogen-bond donors (Lipinski definition) is 1. The van der Waals surface area contributed by atoms with Gasteiger partial charge < -0.3 is 5.32 Å². The number of hydrogen-bond acceptors (Lipinski definition) is 5. The molecule has 0 spiro atoms.